The zero-order valence-electron chi connectivity index (χ0n) is 9.40. The minimum Gasteiger partial charge on any atom is -0.481 e. The number of anilines is 1. The van der Waals surface area contributed by atoms with Gasteiger partial charge in [-0.1, -0.05) is 15.9 Å². The smallest absolute Gasteiger partial charge is 0.218 e. The predicted molar refractivity (Wildman–Crippen MR) is 67.3 cm³/mol. The summed E-state index contributed by atoms with van der Waals surface area (Å²) in [5.41, 5.74) is 0. The third-order valence-corrected chi connectivity index (χ3v) is 3.81. The van der Waals surface area contributed by atoms with Crippen LogP contribution in [0, 0.1) is 5.92 Å². The summed E-state index contributed by atoms with van der Waals surface area (Å²) < 4.78 is 5.11. The average Bonchev–Trinajstić information content (AvgIpc) is 2.39. The van der Waals surface area contributed by atoms with Crippen molar-refractivity contribution in [3.05, 3.63) is 12.4 Å². The zero-order chi connectivity index (χ0) is 11.4. The van der Waals surface area contributed by atoms with E-state index in [1.807, 2.05) is 6.07 Å². The number of alkyl halides is 1. The molecule has 16 heavy (non-hydrogen) atoms. The summed E-state index contributed by atoms with van der Waals surface area (Å²) in [5, 5.41) is 1.06. The molecular weight excluding hydrogens is 270 g/mol. The van der Waals surface area contributed by atoms with Gasteiger partial charge in [0.25, 0.3) is 0 Å². The second-order valence-corrected chi connectivity index (χ2v) is 4.67. The SMILES string of the molecule is COc1cc(N2CCCC(CBr)C2)ncn1. The summed E-state index contributed by atoms with van der Waals surface area (Å²) in [6.45, 7) is 2.13. The molecule has 1 unspecified atom stereocenters. The van der Waals surface area contributed by atoms with Crippen molar-refractivity contribution in [2.75, 3.05) is 30.4 Å². The zero-order valence-corrected chi connectivity index (χ0v) is 11.0. The number of rotatable bonds is 3. The van der Waals surface area contributed by atoms with Crippen LogP contribution in [0.2, 0.25) is 0 Å². The number of aromatic nitrogens is 2. The van der Waals surface area contributed by atoms with Gasteiger partial charge >= 0.3 is 0 Å². The van der Waals surface area contributed by atoms with Gasteiger partial charge < -0.3 is 9.64 Å². The summed E-state index contributed by atoms with van der Waals surface area (Å²) in [5.74, 6) is 2.32. The van der Waals surface area contributed by atoms with Gasteiger partial charge in [-0.05, 0) is 18.8 Å². The lowest BCUT2D eigenvalue weighted by Crippen LogP contribution is -2.36. The van der Waals surface area contributed by atoms with Gasteiger partial charge in [0.05, 0.1) is 7.11 Å². The van der Waals surface area contributed by atoms with E-state index in [1.54, 1.807) is 13.4 Å². The average molecular weight is 286 g/mol. The molecule has 88 valence electrons. The van der Waals surface area contributed by atoms with Gasteiger partial charge in [-0.25, -0.2) is 9.97 Å². The second kappa shape index (κ2) is 5.48. The molecule has 1 atom stereocenters. The first kappa shape index (κ1) is 11.6. The quantitative estimate of drug-likeness (QED) is 0.798. The standard InChI is InChI=1S/C11H16BrN3O/c1-16-11-5-10(13-8-14-11)15-4-2-3-9(6-12)7-15/h5,8-9H,2-4,6-7H2,1H3. The van der Waals surface area contributed by atoms with Crippen LogP contribution in [0.3, 0.4) is 0 Å². The summed E-state index contributed by atoms with van der Waals surface area (Å²) in [4.78, 5) is 10.6. The van der Waals surface area contributed by atoms with Crippen molar-refractivity contribution in [3.63, 3.8) is 0 Å². The molecule has 5 heteroatoms. The maximum Gasteiger partial charge on any atom is 0.218 e. The molecule has 0 aromatic carbocycles. The van der Waals surface area contributed by atoms with Crippen LogP contribution in [0.15, 0.2) is 12.4 Å². The number of hydrogen-bond donors (Lipinski definition) is 0. The van der Waals surface area contributed by atoms with Crippen LogP contribution in [0.4, 0.5) is 5.82 Å². The second-order valence-electron chi connectivity index (χ2n) is 4.03. The molecule has 0 aliphatic carbocycles. The predicted octanol–water partition coefficient (Wildman–Crippen LogP) is 2.10. The Balaban J connectivity index is 2.10. The Morgan fingerprint density at radius 3 is 3.19 bits per heavy atom. The largest absolute Gasteiger partial charge is 0.481 e. The molecule has 0 spiro atoms. The highest BCUT2D eigenvalue weighted by Crippen LogP contribution is 2.23. The minimum atomic E-state index is 0.631. The number of ether oxygens (including phenoxy) is 1. The Kier molecular flexibility index (Phi) is 3.98. The van der Waals surface area contributed by atoms with E-state index in [0.29, 0.717) is 5.88 Å². The van der Waals surface area contributed by atoms with Gasteiger partial charge in [-0.2, -0.15) is 0 Å². The molecule has 2 heterocycles. The molecule has 4 nitrogen and oxygen atoms in total. The monoisotopic (exact) mass is 285 g/mol. The topological polar surface area (TPSA) is 38.2 Å². The van der Waals surface area contributed by atoms with Crippen LogP contribution in [0.5, 0.6) is 5.88 Å². The maximum atomic E-state index is 5.11. The highest BCUT2D eigenvalue weighted by Gasteiger charge is 2.20. The normalized spacial score (nSPS) is 20.9. The lowest BCUT2D eigenvalue weighted by Gasteiger charge is -2.32. The molecule has 0 bridgehead atoms. The van der Waals surface area contributed by atoms with Crippen molar-refractivity contribution in [1.82, 2.24) is 9.97 Å². The van der Waals surface area contributed by atoms with Crippen molar-refractivity contribution in [3.8, 4) is 5.88 Å². The molecule has 2 rings (SSSR count). The fraction of sp³-hybridized carbons (Fsp3) is 0.636. The number of methoxy groups -OCH3 is 1. The van der Waals surface area contributed by atoms with Gasteiger partial charge in [0.1, 0.15) is 12.1 Å². The first-order chi connectivity index (χ1) is 7.83. The number of hydrogen-bond acceptors (Lipinski definition) is 4. The molecule has 0 radical (unpaired) electrons. The van der Waals surface area contributed by atoms with Gasteiger partial charge in [0.2, 0.25) is 5.88 Å². The first-order valence-electron chi connectivity index (χ1n) is 5.50. The van der Waals surface area contributed by atoms with Crippen molar-refractivity contribution in [1.29, 1.82) is 0 Å². The Morgan fingerprint density at radius 2 is 2.44 bits per heavy atom. The first-order valence-corrected chi connectivity index (χ1v) is 6.62. The van der Waals surface area contributed by atoms with Crippen LogP contribution < -0.4 is 9.64 Å². The van der Waals surface area contributed by atoms with Crippen LogP contribution in [-0.2, 0) is 0 Å². The van der Waals surface area contributed by atoms with E-state index < -0.39 is 0 Å². The van der Waals surface area contributed by atoms with Crippen LogP contribution in [0.1, 0.15) is 12.8 Å². The lowest BCUT2D eigenvalue weighted by molar-refractivity contribution is 0.395. The van der Waals surface area contributed by atoms with E-state index in [9.17, 15) is 0 Å². The van der Waals surface area contributed by atoms with Gasteiger partial charge in [-0.3, -0.25) is 0 Å². The number of piperidine rings is 1. The summed E-state index contributed by atoms with van der Waals surface area (Å²) in [7, 11) is 1.63. The molecule has 1 saturated heterocycles. The van der Waals surface area contributed by atoms with E-state index >= 15 is 0 Å². The molecule has 1 aromatic rings. The van der Waals surface area contributed by atoms with E-state index in [2.05, 4.69) is 30.8 Å². The van der Waals surface area contributed by atoms with E-state index in [-0.39, 0.29) is 0 Å². The van der Waals surface area contributed by atoms with Crippen molar-refractivity contribution in [2.45, 2.75) is 12.8 Å². The van der Waals surface area contributed by atoms with Crippen molar-refractivity contribution < 1.29 is 4.74 Å². The van der Waals surface area contributed by atoms with Gasteiger partial charge in [0, 0.05) is 24.5 Å². The van der Waals surface area contributed by atoms with Crippen LogP contribution >= 0.6 is 15.9 Å². The molecule has 1 aliphatic rings. The van der Waals surface area contributed by atoms with Crippen molar-refractivity contribution >= 4 is 21.7 Å². The molecule has 1 aliphatic heterocycles. The highest BCUT2D eigenvalue weighted by molar-refractivity contribution is 9.09. The summed E-state index contributed by atoms with van der Waals surface area (Å²) >= 11 is 3.55. The Morgan fingerprint density at radius 1 is 1.56 bits per heavy atom. The van der Waals surface area contributed by atoms with Crippen LogP contribution in [-0.4, -0.2) is 35.5 Å². The van der Waals surface area contributed by atoms with Crippen LogP contribution in [0.25, 0.3) is 0 Å². The summed E-state index contributed by atoms with van der Waals surface area (Å²) in [6, 6.07) is 1.90. The van der Waals surface area contributed by atoms with Gasteiger partial charge in [0.15, 0.2) is 0 Å². The number of nitrogens with zero attached hydrogens (tertiary/aromatic N) is 3. The fourth-order valence-electron chi connectivity index (χ4n) is 2.01. The minimum absolute atomic E-state index is 0.631. The Labute approximate surface area is 104 Å². The van der Waals surface area contributed by atoms with E-state index in [1.165, 1.54) is 12.8 Å². The Hall–Kier alpha value is -0.840. The number of halogens is 1. The fourth-order valence-corrected chi connectivity index (χ4v) is 2.54. The lowest BCUT2D eigenvalue weighted by atomic mass is 10.0. The molecular formula is C11H16BrN3O. The molecule has 1 aromatic heterocycles. The molecule has 0 saturated carbocycles. The van der Waals surface area contributed by atoms with Crippen molar-refractivity contribution in [2.24, 2.45) is 5.92 Å². The third kappa shape index (κ3) is 2.64. The van der Waals surface area contributed by atoms with E-state index in [4.69, 9.17) is 4.74 Å². The van der Waals surface area contributed by atoms with E-state index in [0.717, 1.165) is 30.2 Å². The Bertz CT molecular complexity index is 348. The molecule has 0 N–H and O–H groups in total. The molecule has 1 fully saturated rings. The summed E-state index contributed by atoms with van der Waals surface area (Å²) in [6.07, 6.45) is 4.08. The molecule has 0 amide bonds. The highest BCUT2D eigenvalue weighted by atomic mass is 79.9. The van der Waals surface area contributed by atoms with Gasteiger partial charge in [-0.15, -0.1) is 0 Å². The maximum absolute atomic E-state index is 5.11. The third-order valence-electron chi connectivity index (χ3n) is 2.90.